The summed E-state index contributed by atoms with van der Waals surface area (Å²) >= 11 is 11.9. The molecule has 0 bridgehead atoms. The lowest BCUT2D eigenvalue weighted by molar-refractivity contribution is 0.950. The van der Waals surface area contributed by atoms with Crippen LogP contribution in [0.15, 0.2) is 48.7 Å². The second kappa shape index (κ2) is 8.14. The molecule has 0 saturated carbocycles. The van der Waals surface area contributed by atoms with Gasteiger partial charge < -0.3 is 10.6 Å². The van der Waals surface area contributed by atoms with Crippen LogP contribution < -0.4 is 10.6 Å². The molecule has 0 spiro atoms. The molecule has 0 atom stereocenters. The summed E-state index contributed by atoms with van der Waals surface area (Å²) in [5.41, 5.74) is 3.11. The largest absolute Gasteiger partial charge is 0.368 e. The molecule has 25 heavy (non-hydrogen) atoms. The van der Waals surface area contributed by atoms with Gasteiger partial charge in [0, 0.05) is 22.3 Å². The van der Waals surface area contributed by atoms with E-state index in [1.54, 1.807) is 6.20 Å². The van der Waals surface area contributed by atoms with Gasteiger partial charge in [0.2, 0.25) is 5.95 Å². The summed E-state index contributed by atoms with van der Waals surface area (Å²) in [6, 6.07) is 13.4. The Hall–Kier alpha value is -2.37. The smallest absolute Gasteiger partial charge is 0.249 e. The molecule has 5 nitrogen and oxygen atoms in total. The van der Waals surface area contributed by atoms with E-state index in [-0.39, 0.29) is 0 Å². The summed E-state index contributed by atoms with van der Waals surface area (Å²) in [5.74, 6) is 1.10. The van der Waals surface area contributed by atoms with Crippen LogP contribution in [0.3, 0.4) is 0 Å². The normalized spacial score (nSPS) is 10.5. The maximum Gasteiger partial charge on any atom is 0.249 e. The molecule has 2 aromatic carbocycles. The molecule has 0 aliphatic rings. The van der Waals surface area contributed by atoms with Gasteiger partial charge in [-0.25, -0.2) is 0 Å². The monoisotopic (exact) mass is 373 g/mol. The molecule has 0 aliphatic heterocycles. The van der Waals surface area contributed by atoms with Gasteiger partial charge in [-0.15, -0.1) is 5.10 Å². The summed E-state index contributed by atoms with van der Waals surface area (Å²) in [4.78, 5) is 4.43. The second-order valence-corrected chi connectivity index (χ2v) is 6.43. The van der Waals surface area contributed by atoms with Gasteiger partial charge in [-0.1, -0.05) is 35.3 Å². The van der Waals surface area contributed by atoms with Gasteiger partial charge >= 0.3 is 0 Å². The Morgan fingerprint density at radius 2 is 1.76 bits per heavy atom. The third-order valence-electron chi connectivity index (χ3n) is 3.63. The fraction of sp³-hybridized carbons (Fsp3) is 0.167. The van der Waals surface area contributed by atoms with Gasteiger partial charge in [-0.3, -0.25) is 0 Å². The zero-order chi connectivity index (χ0) is 17.6. The van der Waals surface area contributed by atoms with Crippen LogP contribution in [-0.2, 0) is 6.42 Å². The van der Waals surface area contributed by atoms with E-state index in [0.29, 0.717) is 16.8 Å². The van der Waals surface area contributed by atoms with Crippen molar-refractivity contribution >= 4 is 40.7 Å². The lowest BCUT2D eigenvalue weighted by Crippen LogP contribution is -2.09. The first-order chi connectivity index (χ1) is 12.1. The molecule has 1 aromatic heterocycles. The number of hydrogen-bond donors (Lipinski definition) is 2. The third-order valence-corrected chi connectivity index (χ3v) is 4.11. The van der Waals surface area contributed by atoms with Crippen molar-refractivity contribution in [2.75, 3.05) is 17.2 Å². The predicted octanol–water partition coefficient (Wildman–Crippen LogP) is 4.89. The van der Waals surface area contributed by atoms with Crippen LogP contribution in [0, 0.1) is 6.92 Å². The summed E-state index contributed by atoms with van der Waals surface area (Å²) < 4.78 is 0. The minimum atomic E-state index is 0.432. The second-order valence-electron chi connectivity index (χ2n) is 5.55. The number of nitrogens with one attached hydrogen (secondary N) is 2. The Morgan fingerprint density at radius 1 is 1.00 bits per heavy atom. The fourth-order valence-electron chi connectivity index (χ4n) is 2.32. The van der Waals surface area contributed by atoms with E-state index in [9.17, 15) is 0 Å². The van der Waals surface area contributed by atoms with Crippen molar-refractivity contribution in [1.29, 1.82) is 0 Å². The molecule has 3 rings (SSSR count). The van der Waals surface area contributed by atoms with Crippen LogP contribution in [0.2, 0.25) is 10.0 Å². The predicted molar refractivity (Wildman–Crippen MR) is 103 cm³/mol. The Morgan fingerprint density at radius 3 is 2.52 bits per heavy atom. The number of aromatic nitrogens is 3. The number of aryl methyl sites for hydroxylation is 1. The van der Waals surface area contributed by atoms with Crippen LogP contribution in [0.4, 0.5) is 17.5 Å². The highest BCUT2D eigenvalue weighted by Crippen LogP contribution is 2.22. The first-order valence-electron chi connectivity index (χ1n) is 7.81. The van der Waals surface area contributed by atoms with Crippen molar-refractivity contribution in [3.8, 4) is 0 Å². The first kappa shape index (κ1) is 17.5. The molecule has 7 heteroatoms. The van der Waals surface area contributed by atoms with Crippen molar-refractivity contribution in [3.63, 3.8) is 0 Å². The van der Waals surface area contributed by atoms with Crippen LogP contribution in [-0.4, -0.2) is 21.7 Å². The highest BCUT2D eigenvalue weighted by molar-refractivity contribution is 6.30. The van der Waals surface area contributed by atoms with Gasteiger partial charge in [0.1, 0.15) is 0 Å². The quantitative estimate of drug-likeness (QED) is 0.644. The number of benzene rings is 2. The molecule has 0 saturated heterocycles. The molecular formula is C18H17Cl2N5. The van der Waals surface area contributed by atoms with Gasteiger partial charge in [-0.05, 0) is 54.8 Å². The molecule has 0 radical (unpaired) electrons. The Balaban J connectivity index is 1.60. The molecule has 0 amide bonds. The average molecular weight is 374 g/mol. The van der Waals surface area contributed by atoms with Crippen LogP contribution in [0.5, 0.6) is 0 Å². The maximum absolute atomic E-state index is 5.97. The lowest BCUT2D eigenvalue weighted by atomic mass is 10.1. The highest BCUT2D eigenvalue weighted by Gasteiger charge is 2.04. The van der Waals surface area contributed by atoms with E-state index >= 15 is 0 Å². The van der Waals surface area contributed by atoms with Crippen molar-refractivity contribution in [2.24, 2.45) is 0 Å². The lowest BCUT2D eigenvalue weighted by Gasteiger charge is -2.10. The van der Waals surface area contributed by atoms with Crippen LogP contribution >= 0.6 is 23.2 Å². The third kappa shape index (κ3) is 5.05. The topological polar surface area (TPSA) is 62.7 Å². The minimum Gasteiger partial charge on any atom is -0.368 e. The SMILES string of the molecule is Cc1cc(Cl)ccc1Nc1nncc(NCCc2ccc(Cl)cc2)n1. The summed E-state index contributed by atoms with van der Waals surface area (Å²) in [7, 11) is 0. The van der Waals surface area contributed by atoms with Crippen LogP contribution in [0.25, 0.3) is 0 Å². The minimum absolute atomic E-state index is 0.432. The summed E-state index contributed by atoms with van der Waals surface area (Å²) in [5, 5.41) is 15.8. The van der Waals surface area contributed by atoms with Crippen LogP contribution in [0.1, 0.15) is 11.1 Å². The molecule has 1 heterocycles. The van der Waals surface area contributed by atoms with Crippen molar-refractivity contribution in [1.82, 2.24) is 15.2 Å². The van der Waals surface area contributed by atoms with E-state index in [2.05, 4.69) is 25.8 Å². The molecule has 128 valence electrons. The Bertz CT molecular complexity index is 852. The van der Waals surface area contributed by atoms with E-state index in [1.807, 2.05) is 49.4 Å². The molecule has 0 fully saturated rings. The van der Waals surface area contributed by atoms with Gasteiger partial charge in [0.15, 0.2) is 5.82 Å². The molecule has 0 aliphatic carbocycles. The van der Waals surface area contributed by atoms with E-state index in [1.165, 1.54) is 5.56 Å². The average Bonchev–Trinajstić information content (AvgIpc) is 2.60. The number of anilines is 3. The maximum atomic E-state index is 5.97. The van der Waals surface area contributed by atoms with Crippen molar-refractivity contribution < 1.29 is 0 Å². The number of nitrogens with zero attached hydrogens (tertiary/aromatic N) is 3. The summed E-state index contributed by atoms with van der Waals surface area (Å²) in [6.45, 7) is 2.70. The molecule has 0 unspecified atom stereocenters. The Kier molecular flexibility index (Phi) is 5.68. The van der Waals surface area contributed by atoms with E-state index in [4.69, 9.17) is 23.2 Å². The highest BCUT2D eigenvalue weighted by atomic mass is 35.5. The van der Waals surface area contributed by atoms with E-state index < -0.39 is 0 Å². The standard InChI is InChI=1S/C18H17Cl2N5/c1-12-10-15(20)6-7-16(12)23-18-24-17(11-22-25-18)21-9-8-13-2-4-14(19)5-3-13/h2-7,10-11H,8-9H2,1H3,(H2,21,23,24,25). The first-order valence-corrected chi connectivity index (χ1v) is 8.57. The fourth-order valence-corrected chi connectivity index (χ4v) is 2.67. The number of hydrogen-bond acceptors (Lipinski definition) is 5. The zero-order valence-corrected chi connectivity index (χ0v) is 15.1. The van der Waals surface area contributed by atoms with E-state index in [0.717, 1.165) is 29.2 Å². The molecular weight excluding hydrogens is 357 g/mol. The zero-order valence-electron chi connectivity index (χ0n) is 13.6. The summed E-state index contributed by atoms with van der Waals surface area (Å²) in [6.07, 6.45) is 2.46. The van der Waals surface area contributed by atoms with Crippen molar-refractivity contribution in [3.05, 3.63) is 69.8 Å². The number of rotatable bonds is 6. The molecule has 2 N–H and O–H groups in total. The molecule has 3 aromatic rings. The number of halogens is 2. The van der Waals surface area contributed by atoms with Gasteiger partial charge in [0.05, 0.1) is 6.20 Å². The van der Waals surface area contributed by atoms with Gasteiger partial charge in [-0.2, -0.15) is 10.1 Å². The van der Waals surface area contributed by atoms with Crippen molar-refractivity contribution in [2.45, 2.75) is 13.3 Å². The Labute approximate surface area is 156 Å². The van der Waals surface area contributed by atoms with Gasteiger partial charge in [0.25, 0.3) is 0 Å².